The number of carbonyl (C=O) groups is 3. The molecule has 8 nitrogen and oxygen atoms in total. The molecule has 0 aliphatic carbocycles. The fraction of sp³-hybridized carbons (Fsp3) is 0.500. The third-order valence-corrected chi connectivity index (χ3v) is 4.18. The van der Waals surface area contributed by atoms with Gasteiger partial charge in [0.05, 0.1) is 18.0 Å². The Hall–Kier alpha value is -2.69. The number of hydroxylamine groups is 2. The van der Waals surface area contributed by atoms with Gasteiger partial charge in [-0.3, -0.25) is 19.6 Å². The first-order valence-corrected chi connectivity index (χ1v) is 8.19. The molecule has 0 radical (unpaired) electrons. The van der Waals surface area contributed by atoms with Crippen molar-refractivity contribution in [1.29, 1.82) is 0 Å². The van der Waals surface area contributed by atoms with E-state index in [0.717, 1.165) is 12.1 Å². The van der Waals surface area contributed by atoms with E-state index in [1.165, 1.54) is 11.8 Å². The van der Waals surface area contributed by atoms with Crippen molar-refractivity contribution in [1.82, 2.24) is 14.9 Å². The van der Waals surface area contributed by atoms with Crippen molar-refractivity contribution >= 4 is 24.0 Å². The Morgan fingerprint density at radius 3 is 2.74 bits per heavy atom. The van der Waals surface area contributed by atoms with E-state index in [9.17, 15) is 32.8 Å². The van der Waals surface area contributed by atoms with E-state index >= 15 is 0 Å². The molecule has 1 aliphatic rings. The van der Waals surface area contributed by atoms with Gasteiger partial charge < -0.3 is 10.2 Å². The van der Waals surface area contributed by atoms with E-state index in [-0.39, 0.29) is 18.8 Å². The van der Waals surface area contributed by atoms with Gasteiger partial charge in [0.1, 0.15) is 11.9 Å². The number of hydrogen-bond donors (Lipinski definition) is 2. The van der Waals surface area contributed by atoms with E-state index in [0.29, 0.717) is 30.6 Å². The molecule has 1 aromatic heterocycles. The van der Waals surface area contributed by atoms with Crippen molar-refractivity contribution in [2.75, 3.05) is 18.4 Å². The number of rotatable bonds is 6. The second kappa shape index (κ2) is 8.33. The van der Waals surface area contributed by atoms with Crippen LogP contribution >= 0.6 is 0 Å². The molecule has 0 aromatic carbocycles. The van der Waals surface area contributed by atoms with Crippen LogP contribution in [-0.4, -0.2) is 57.5 Å². The summed E-state index contributed by atoms with van der Waals surface area (Å²) >= 11 is 0. The second-order valence-corrected chi connectivity index (χ2v) is 6.24. The molecule has 27 heavy (non-hydrogen) atoms. The van der Waals surface area contributed by atoms with E-state index in [2.05, 4.69) is 10.3 Å². The summed E-state index contributed by atoms with van der Waals surface area (Å²) < 4.78 is 37.6. The van der Waals surface area contributed by atoms with Gasteiger partial charge in [0.15, 0.2) is 0 Å². The molecule has 0 unspecified atom stereocenters. The molecule has 3 amide bonds. The van der Waals surface area contributed by atoms with Crippen molar-refractivity contribution in [3.63, 3.8) is 0 Å². The van der Waals surface area contributed by atoms with E-state index in [1.54, 1.807) is 0 Å². The minimum absolute atomic E-state index is 0.0529. The fourth-order valence-electron chi connectivity index (χ4n) is 2.83. The van der Waals surface area contributed by atoms with Gasteiger partial charge in [-0.25, -0.2) is 10.0 Å². The summed E-state index contributed by atoms with van der Waals surface area (Å²) in [6, 6.07) is 1.04. The number of carbonyl (C=O) groups excluding carboxylic acids is 3. The first-order chi connectivity index (χ1) is 12.6. The highest BCUT2D eigenvalue weighted by molar-refractivity contribution is 5.97. The van der Waals surface area contributed by atoms with Crippen LogP contribution in [0.15, 0.2) is 18.3 Å². The van der Waals surface area contributed by atoms with Gasteiger partial charge in [-0.15, -0.1) is 0 Å². The van der Waals surface area contributed by atoms with Crippen molar-refractivity contribution < 1.29 is 32.8 Å². The average molecular weight is 388 g/mol. The predicted octanol–water partition coefficient (Wildman–Crippen LogP) is 1.51. The van der Waals surface area contributed by atoms with Crippen LogP contribution in [0.3, 0.4) is 0 Å². The normalized spacial score (nSPS) is 18.1. The Bertz CT molecular complexity index is 696. The SMILES string of the molecule is C[C@H](CN(O)C=O)C(=O)N1CCC[C@H]1C(=O)Nc1ccc(C(F)(F)F)cn1. The van der Waals surface area contributed by atoms with Crippen LogP contribution in [0.25, 0.3) is 0 Å². The summed E-state index contributed by atoms with van der Waals surface area (Å²) in [6.45, 7) is 1.63. The summed E-state index contributed by atoms with van der Waals surface area (Å²) in [6.07, 6.45) is -2.77. The lowest BCUT2D eigenvalue weighted by atomic mass is 10.1. The molecular formula is C16H19F3N4O4. The zero-order valence-electron chi connectivity index (χ0n) is 14.4. The van der Waals surface area contributed by atoms with Gasteiger partial charge >= 0.3 is 6.18 Å². The van der Waals surface area contributed by atoms with Gasteiger partial charge in [0.25, 0.3) is 0 Å². The van der Waals surface area contributed by atoms with Crippen molar-refractivity contribution in [3.8, 4) is 0 Å². The maximum Gasteiger partial charge on any atom is 0.417 e. The van der Waals surface area contributed by atoms with Crippen LogP contribution < -0.4 is 5.32 Å². The number of likely N-dealkylation sites (tertiary alicyclic amines) is 1. The molecule has 1 saturated heterocycles. The summed E-state index contributed by atoms with van der Waals surface area (Å²) in [5.41, 5.74) is -0.935. The molecule has 2 atom stereocenters. The molecule has 11 heteroatoms. The van der Waals surface area contributed by atoms with Gasteiger partial charge in [-0.2, -0.15) is 13.2 Å². The second-order valence-electron chi connectivity index (χ2n) is 6.24. The smallest absolute Gasteiger partial charge is 0.330 e. The Balaban J connectivity index is 2.02. The van der Waals surface area contributed by atoms with Crippen molar-refractivity contribution in [2.45, 2.75) is 32.0 Å². The van der Waals surface area contributed by atoms with Crippen LogP contribution in [0.5, 0.6) is 0 Å². The minimum atomic E-state index is -4.53. The predicted molar refractivity (Wildman–Crippen MR) is 86.3 cm³/mol. The lowest BCUT2D eigenvalue weighted by Gasteiger charge is -2.27. The number of alkyl halides is 3. The lowest BCUT2D eigenvalue weighted by molar-refractivity contribution is -0.156. The number of hydrogen-bond acceptors (Lipinski definition) is 5. The molecule has 1 aliphatic heterocycles. The van der Waals surface area contributed by atoms with Crippen molar-refractivity contribution in [3.05, 3.63) is 23.9 Å². The zero-order chi connectivity index (χ0) is 20.2. The summed E-state index contributed by atoms with van der Waals surface area (Å²) in [5.74, 6) is -1.74. The molecular weight excluding hydrogens is 369 g/mol. The van der Waals surface area contributed by atoms with Crippen LogP contribution in [0.2, 0.25) is 0 Å². The molecule has 1 aromatic rings. The number of anilines is 1. The summed E-state index contributed by atoms with van der Waals surface area (Å²) in [4.78, 5) is 40.3. The zero-order valence-corrected chi connectivity index (χ0v) is 14.4. The lowest BCUT2D eigenvalue weighted by Crippen LogP contribution is -2.47. The van der Waals surface area contributed by atoms with Gasteiger partial charge in [-0.05, 0) is 25.0 Å². The molecule has 148 valence electrons. The van der Waals surface area contributed by atoms with E-state index < -0.39 is 35.5 Å². The molecule has 1 fully saturated rings. The maximum atomic E-state index is 12.5. The van der Waals surface area contributed by atoms with Gasteiger partial charge in [0, 0.05) is 12.7 Å². The number of aromatic nitrogens is 1. The Morgan fingerprint density at radius 1 is 1.48 bits per heavy atom. The first-order valence-electron chi connectivity index (χ1n) is 8.19. The van der Waals surface area contributed by atoms with Crippen LogP contribution in [0.4, 0.5) is 19.0 Å². The van der Waals surface area contributed by atoms with Crippen molar-refractivity contribution in [2.24, 2.45) is 5.92 Å². The fourth-order valence-corrected chi connectivity index (χ4v) is 2.83. The average Bonchev–Trinajstić information content (AvgIpc) is 3.10. The molecule has 0 bridgehead atoms. The highest BCUT2D eigenvalue weighted by atomic mass is 19.4. The molecule has 2 N–H and O–H groups in total. The first kappa shape index (κ1) is 20.6. The molecule has 2 rings (SSSR count). The highest BCUT2D eigenvalue weighted by Gasteiger charge is 2.36. The number of nitrogens with zero attached hydrogens (tertiary/aromatic N) is 3. The summed E-state index contributed by atoms with van der Waals surface area (Å²) in [5, 5.41) is 12.0. The third-order valence-electron chi connectivity index (χ3n) is 4.18. The topological polar surface area (TPSA) is 103 Å². The number of pyridine rings is 1. The van der Waals surface area contributed by atoms with Crippen LogP contribution in [0, 0.1) is 5.92 Å². The third kappa shape index (κ3) is 5.16. The highest BCUT2D eigenvalue weighted by Crippen LogP contribution is 2.29. The van der Waals surface area contributed by atoms with Gasteiger partial charge in [-0.1, -0.05) is 6.92 Å². The molecule has 2 heterocycles. The van der Waals surface area contributed by atoms with E-state index in [4.69, 9.17) is 0 Å². The van der Waals surface area contributed by atoms with E-state index in [1.807, 2.05) is 0 Å². The minimum Gasteiger partial charge on any atom is -0.330 e. The summed E-state index contributed by atoms with van der Waals surface area (Å²) in [7, 11) is 0. The largest absolute Gasteiger partial charge is 0.417 e. The maximum absolute atomic E-state index is 12.5. The molecule has 0 spiro atoms. The van der Waals surface area contributed by atoms with Crippen LogP contribution in [0.1, 0.15) is 25.3 Å². The number of nitrogens with one attached hydrogen (secondary N) is 1. The Morgan fingerprint density at radius 2 is 2.19 bits per heavy atom. The number of amides is 3. The quantitative estimate of drug-likeness (QED) is 0.437. The Kier molecular flexibility index (Phi) is 6.37. The standard InChI is InChI=1S/C16H19F3N4O4/c1-10(8-22(27)9-24)15(26)23-6-2-3-12(23)14(25)21-13-5-4-11(7-20-13)16(17,18)19/h4-5,7,9-10,12,27H,2-3,6,8H2,1H3,(H,20,21,25)/t10-,12+/m1/s1. The van der Waals surface area contributed by atoms with Crippen LogP contribution in [-0.2, 0) is 20.6 Å². The number of halogens is 3. The van der Waals surface area contributed by atoms with Gasteiger partial charge in [0.2, 0.25) is 18.2 Å². The molecule has 0 saturated carbocycles. The monoisotopic (exact) mass is 388 g/mol. The Labute approximate surface area is 152 Å².